The topological polar surface area (TPSA) is 96.5 Å². The van der Waals surface area contributed by atoms with Gasteiger partial charge in [0.1, 0.15) is 5.75 Å². The van der Waals surface area contributed by atoms with Gasteiger partial charge >= 0.3 is 11.8 Å². The second-order valence-electron chi connectivity index (χ2n) is 8.08. The number of anilines is 1. The third-order valence-electron chi connectivity index (χ3n) is 5.80. The van der Waals surface area contributed by atoms with Gasteiger partial charge in [-0.25, -0.2) is 0 Å². The van der Waals surface area contributed by atoms with E-state index in [-0.39, 0.29) is 5.91 Å². The van der Waals surface area contributed by atoms with Crippen molar-refractivity contribution in [3.8, 4) is 5.75 Å². The van der Waals surface area contributed by atoms with Gasteiger partial charge in [0, 0.05) is 13.1 Å². The molecule has 0 aliphatic heterocycles. The maximum absolute atomic E-state index is 12.7. The Hall–Kier alpha value is -3.35. The Morgan fingerprint density at radius 2 is 1.62 bits per heavy atom. The summed E-state index contributed by atoms with van der Waals surface area (Å²) in [5.74, 6) is -0.430. The van der Waals surface area contributed by atoms with Gasteiger partial charge in [-0.05, 0) is 42.2 Å². The van der Waals surface area contributed by atoms with Crippen LogP contribution < -0.4 is 20.7 Å². The standard InChI is InChI=1S/C25H31N3O4/c1-32-20-13-11-19(12-14-20)17-27-23(29)21-9-5-6-10-22(21)28-25(31)24(30)26-16-15-18-7-3-2-4-8-18/h5-6,9-14,18H,2-4,7-8,15-17H2,1H3,(H,26,30)(H,27,29)(H,28,31). The van der Waals surface area contributed by atoms with Gasteiger partial charge in [0.2, 0.25) is 0 Å². The minimum atomic E-state index is -0.774. The fourth-order valence-electron chi connectivity index (χ4n) is 3.94. The number of hydrogen-bond acceptors (Lipinski definition) is 4. The van der Waals surface area contributed by atoms with Crippen LogP contribution in [0.5, 0.6) is 5.75 Å². The van der Waals surface area contributed by atoms with Crippen molar-refractivity contribution in [1.82, 2.24) is 10.6 Å². The number of para-hydroxylation sites is 1. The van der Waals surface area contributed by atoms with Gasteiger partial charge in [-0.3, -0.25) is 14.4 Å². The zero-order valence-corrected chi connectivity index (χ0v) is 18.5. The second kappa shape index (κ2) is 11.9. The maximum Gasteiger partial charge on any atom is 0.313 e. The Kier molecular flexibility index (Phi) is 8.66. The van der Waals surface area contributed by atoms with Crippen LogP contribution in [0.3, 0.4) is 0 Å². The summed E-state index contributed by atoms with van der Waals surface area (Å²) in [7, 11) is 1.60. The van der Waals surface area contributed by atoms with Crippen molar-refractivity contribution < 1.29 is 19.1 Å². The monoisotopic (exact) mass is 437 g/mol. The lowest BCUT2D eigenvalue weighted by Gasteiger charge is -2.21. The molecular weight excluding hydrogens is 406 g/mol. The van der Waals surface area contributed by atoms with Crippen LogP contribution in [-0.4, -0.2) is 31.4 Å². The van der Waals surface area contributed by atoms with Crippen LogP contribution in [0.1, 0.15) is 54.4 Å². The molecule has 2 aromatic rings. The Labute approximate surface area is 188 Å². The van der Waals surface area contributed by atoms with E-state index in [2.05, 4.69) is 16.0 Å². The van der Waals surface area contributed by atoms with Crippen LogP contribution in [0, 0.1) is 5.92 Å². The fraction of sp³-hybridized carbons (Fsp3) is 0.400. The molecule has 3 rings (SSSR count). The van der Waals surface area contributed by atoms with E-state index in [1.807, 2.05) is 24.3 Å². The summed E-state index contributed by atoms with van der Waals surface area (Å²) in [5, 5.41) is 8.09. The Balaban J connectivity index is 1.51. The normalized spacial score (nSPS) is 13.8. The van der Waals surface area contributed by atoms with Crippen molar-refractivity contribution in [1.29, 1.82) is 0 Å². The van der Waals surface area contributed by atoms with Crippen molar-refractivity contribution in [2.24, 2.45) is 5.92 Å². The Bertz CT molecular complexity index is 921. The van der Waals surface area contributed by atoms with Crippen LogP contribution in [0.25, 0.3) is 0 Å². The summed E-state index contributed by atoms with van der Waals surface area (Å²) >= 11 is 0. The Morgan fingerprint density at radius 1 is 0.906 bits per heavy atom. The summed E-state index contributed by atoms with van der Waals surface area (Å²) in [6.45, 7) is 0.813. The van der Waals surface area contributed by atoms with Crippen LogP contribution >= 0.6 is 0 Å². The lowest BCUT2D eigenvalue weighted by molar-refractivity contribution is -0.136. The van der Waals surface area contributed by atoms with Crippen LogP contribution in [0.2, 0.25) is 0 Å². The van der Waals surface area contributed by atoms with E-state index in [1.54, 1.807) is 31.4 Å². The molecule has 0 bridgehead atoms. The summed E-state index contributed by atoms with van der Waals surface area (Å²) in [6.07, 6.45) is 7.07. The summed E-state index contributed by atoms with van der Waals surface area (Å²) in [6, 6.07) is 14.0. The average molecular weight is 438 g/mol. The first-order valence-corrected chi connectivity index (χ1v) is 11.2. The molecule has 1 aliphatic rings. The van der Waals surface area contributed by atoms with Crippen LogP contribution in [0.4, 0.5) is 5.69 Å². The van der Waals surface area contributed by atoms with E-state index in [4.69, 9.17) is 4.74 Å². The number of amides is 3. The molecular formula is C25H31N3O4. The second-order valence-corrected chi connectivity index (χ2v) is 8.08. The molecule has 2 aromatic carbocycles. The highest BCUT2D eigenvalue weighted by Crippen LogP contribution is 2.25. The summed E-state index contributed by atoms with van der Waals surface area (Å²) in [5.41, 5.74) is 1.51. The highest BCUT2D eigenvalue weighted by atomic mass is 16.5. The molecule has 3 N–H and O–H groups in total. The first kappa shape index (κ1) is 23.3. The highest BCUT2D eigenvalue weighted by molar-refractivity contribution is 6.40. The predicted molar refractivity (Wildman–Crippen MR) is 123 cm³/mol. The number of carbonyl (C=O) groups excluding carboxylic acids is 3. The van der Waals surface area contributed by atoms with Crippen molar-refractivity contribution in [2.45, 2.75) is 45.1 Å². The minimum absolute atomic E-state index is 0.296. The molecule has 7 nitrogen and oxygen atoms in total. The number of benzene rings is 2. The minimum Gasteiger partial charge on any atom is -0.497 e. The number of carbonyl (C=O) groups is 3. The van der Waals surface area contributed by atoms with Crippen LogP contribution in [-0.2, 0) is 16.1 Å². The van der Waals surface area contributed by atoms with E-state index in [9.17, 15) is 14.4 Å². The number of rotatable bonds is 8. The van der Waals surface area contributed by atoms with Crippen molar-refractivity contribution in [3.05, 3.63) is 59.7 Å². The lowest BCUT2D eigenvalue weighted by Crippen LogP contribution is -2.37. The van der Waals surface area contributed by atoms with Crippen molar-refractivity contribution in [2.75, 3.05) is 19.0 Å². The zero-order chi connectivity index (χ0) is 22.8. The van der Waals surface area contributed by atoms with Crippen LogP contribution in [0.15, 0.2) is 48.5 Å². The molecule has 0 spiro atoms. The van der Waals surface area contributed by atoms with E-state index < -0.39 is 11.8 Å². The van der Waals surface area contributed by atoms with E-state index in [0.29, 0.717) is 30.3 Å². The van der Waals surface area contributed by atoms with Crippen molar-refractivity contribution >= 4 is 23.4 Å². The first-order valence-electron chi connectivity index (χ1n) is 11.2. The largest absolute Gasteiger partial charge is 0.497 e. The fourth-order valence-corrected chi connectivity index (χ4v) is 3.94. The van der Waals surface area contributed by atoms with Gasteiger partial charge in [-0.2, -0.15) is 0 Å². The molecule has 0 aromatic heterocycles. The number of methoxy groups -OCH3 is 1. The van der Waals surface area contributed by atoms with E-state index >= 15 is 0 Å². The summed E-state index contributed by atoms with van der Waals surface area (Å²) < 4.78 is 5.13. The zero-order valence-electron chi connectivity index (χ0n) is 18.5. The molecule has 1 fully saturated rings. The van der Waals surface area contributed by atoms with Gasteiger partial charge in [-0.1, -0.05) is 56.4 Å². The molecule has 1 aliphatic carbocycles. The maximum atomic E-state index is 12.7. The van der Waals surface area contributed by atoms with E-state index in [0.717, 1.165) is 17.7 Å². The third-order valence-corrected chi connectivity index (χ3v) is 5.80. The predicted octanol–water partition coefficient (Wildman–Crippen LogP) is 3.65. The van der Waals surface area contributed by atoms with Gasteiger partial charge in [0.05, 0.1) is 18.4 Å². The molecule has 3 amide bonds. The molecule has 0 saturated heterocycles. The third kappa shape index (κ3) is 6.83. The van der Waals surface area contributed by atoms with Gasteiger partial charge in [-0.15, -0.1) is 0 Å². The molecule has 0 heterocycles. The quantitative estimate of drug-likeness (QED) is 0.549. The molecule has 170 valence electrons. The Morgan fingerprint density at radius 3 is 2.34 bits per heavy atom. The molecule has 0 unspecified atom stereocenters. The molecule has 32 heavy (non-hydrogen) atoms. The smallest absolute Gasteiger partial charge is 0.313 e. The van der Waals surface area contributed by atoms with Crippen molar-refractivity contribution in [3.63, 3.8) is 0 Å². The summed E-state index contributed by atoms with van der Waals surface area (Å²) in [4.78, 5) is 37.2. The van der Waals surface area contributed by atoms with Gasteiger partial charge in [0.15, 0.2) is 0 Å². The molecule has 1 saturated carbocycles. The number of ether oxygens (including phenoxy) is 1. The lowest BCUT2D eigenvalue weighted by atomic mass is 9.87. The SMILES string of the molecule is COc1ccc(CNC(=O)c2ccccc2NC(=O)C(=O)NCCC2CCCCC2)cc1. The highest BCUT2D eigenvalue weighted by Gasteiger charge is 2.19. The van der Waals surface area contributed by atoms with Gasteiger partial charge in [0.25, 0.3) is 5.91 Å². The number of hydrogen-bond donors (Lipinski definition) is 3. The first-order chi connectivity index (χ1) is 15.6. The van der Waals surface area contributed by atoms with E-state index in [1.165, 1.54) is 32.1 Å². The number of nitrogens with one attached hydrogen (secondary N) is 3. The molecule has 7 heteroatoms. The van der Waals surface area contributed by atoms with Gasteiger partial charge < -0.3 is 20.7 Å². The molecule has 0 atom stereocenters. The average Bonchev–Trinajstić information content (AvgIpc) is 2.83. The molecule has 0 radical (unpaired) electrons.